The van der Waals surface area contributed by atoms with E-state index in [9.17, 15) is 14.7 Å². The molecule has 0 spiro atoms. The number of pyridine rings is 1. The molecule has 0 amide bonds. The SMILES string of the molecule is COc1cc2c(c3[nH]c4cc5ccccc5cc4c(=O)c13)C(O)C(OC(=O)/C=C/c1cccc(Cl)c1)C(C)(C)O2. The van der Waals surface area contributed by atoms with Crippen LogP contribution in [0.2, 0.25) is 5.02 Å². The molecule has 5 aromatic rings. The highest BCUT2D eigenvalue weighted by molar-refractivity contribution is 6.30. The minimum atomic E-state index is -1.30. The van der Waals surface area contributed by atoms with Gasteiger partial charge in [0.15, 0.2) is 6.10 Å². The summed E-state index contributed by atoms with van der Waals surface area (Å²) in [7, 11) is 1.48. The van der Waals surface area contributed by atoms with E-state index in [0.29, 0.717) is 38.5 Å². The number of hydrogen-bond donors (Lipinski definition) is 2. The van der Waals surface area contributed by atoms with E-state index < -0.39 is 23.8 Å². The number of aromatic amines is 1. The number of hydrogen-bond acceptors (Lipinski definition) is 6. The smallest absolute Gasteiger partial charge is 0.331 e. The van der Waals surface area contributed by atoms with Gasteiger partial charge in [-0.25, -0.2) is 4.79 Å². The molecule has 1 aliphatic rings. The first-order valence-electron chi connectivity index (χ1n) is 12.8. The Morgan fingerprint density at radius 2 is 1.82 bits per heavy atom. The fraction of sp³-hybridized carbons (Fsp3) is 0.188. The summed E-state index contributed by atoms with van der Waals surface area (Å²) in [6.45, 7) is 3.45. The molecule has 0 saturated carbocycles. The topological polar surface area (TPSA) is 97.9 Å². The first kappa shape index (κ1) is 25.9. The number of ether oxygens (including phenoxy) is 3. The molecule has 2 unspecified atom stereocenters. The lowest BCUT2D eigenvalue weighted by atomic mass is 9.86. The number of nitrogens with one attached hydrogen (secondary N) is 1. The Balaban J connectivity index is 1.47. The number of carbonyl (C=O) groups excluding carboxylic acids is 1. The van der Waals surface area contributed by atoms with Crippen LogP contribution in [0.15, 0.2) is 77.6 Å². The normalized spacial score (nSPS) is 18.1. The molecule has 40 heavy (non-hydrogen) atoms. The predicted molar refractivity (Wildman–Crippen MR) is 156 cm³/mol. The lowest BCUT2D eigenvalue weighted by Gasteiger charge is -2.42. The molecular formula is C32H26ClNO6. The first-order valence-corrected chi connectivity index (χ1v) is 13.1. The molecule has 2 atom stereocenters. The number of halogens is 1. The molecule has 0 radical (unpaired) electrons. The molecule has 0 fully saturated rings. The van der Waals surface area contributed by atoms with E-state index >= 15 is 0 Å². The molecule has 7 nitrogen and oxygen atoms in total. The maximum Gasteiger partial charge on any atom is 0.331 e. The minimum Gasteiger partial charge on any atom is -0.496 e. The van der Waals surface area contributed by atoms with Crippen molar-refractivity contribution in [1.82, 2.24) is 4.98 Å². The Labute approximate surface area is 234 Å². The van der Waals surface area contributed by atoms with Crippen molar-refractivity contribution in [3.8, 4) is 11.5 Å². The molecule has 0 aliphatic carbocycles. The molecule has 6 rings (SSSR count). The van der Waals surface area contributed by atoms with Crippen LogP contribution >= 0.6 is 11.6 Å². The third-order valence-electron chi connectivity index (χ3n) is 7.27. The number of aliphatic hydroxyl groups is 1. The van der Waals surface area contributed by atoms with E-state index in [4.69, 9.17) is 25.8 Å². The highest BCUT2D eigenvalue weighted by Crippen LogP contribution is 2.47. The Hall–Kier alpha value is -4.33. The number of methoxy groups -OCH3 is 1. The summed E-state index contributed by atoms with van der Waals surface area (Å²) in [5.41, 5.74) is 0.660. The molecule has 2 heterocycles. The van der Waals surface area contributed by atoms with Crippen molar-refractivity contribution in [1.29, 1.82) is 0 Å². The largest absolute Gasteiger partial charge is 0.496 e. The Morgan fingerprint density at radius 1 is 1.07 bits per heavy atom. The standard InChI is InChI=1S/C32H26ClNO6/c1-32(2)31(39-25(35)12-11-17-7-6-10-20(33)13-17)30(37)27-24(40-32)16-23(38-3)26-28(27)34-22-15-19-9-5-4-8-18(19)14-21(22)29(26)36/h4-16,30-31,37H,1-3H3,(H,34,36)/b12-11+. The van der Waals surface area contributed by atoms with Crippen molar-refractivity contribution in [2.24, 2.45) is 0 Å². The zero-order valence-corrected chi connectivity index (χ0v) is 22.8. The van der Waals surface area contributed by atoms with Crippen molar-refractivity contribution < 1.29 is 24.1 Å². The van der Waals surface area contributed by atoms with Gasteiger partial charge in [0.1, 0.15) is 23.2 Å². The molecule has 202 valence electrons. The molecular weight excluding hydrogens is 530 g/mol. The highest BCUT2D eigenvalue weighted by atomic mass is 35.5. The van der Waals surface area contributed by atoms with Gasteiger partial charge in [0.25, 0.3) is 0 Å². The maximum atomic E-state index is 13.8. The van der Waals surface area contributed by atoms with Crippen LogP contribution in [-0.2, 0) is 9.53 Å². The van der Waals surface area contributed by atoms with E-state index in [-0.39, 0.29) is 10.8 Å². The number of fused-ring (bicyclic) bond motifs is 5. The summed E-state index contributed by atoms with van der Waals surface area (Å²) in [5, 5.41) is 14.9. The van der Waals surface area contributed by atoms with Gasteiger partial charge < -0.3 is 24.3 Å². The minimum absolute atomic E-state index is 0.246. The molecule has 2 N–H and O–H groups in total. The van der Waals surface area contributed by atoms with Crippen molar-refractivity contribution in [3.63, 3.8) is 0 Å². The average molecular weight is 556 g/mol. The van der Waals surface area contributed by atoms with E-state index in [1.807, 2.05) is 36.4 Å². The van der Waals surface area contributed by atoms with Crippen LogP contribution in [0.25, 0.3) is 38.7 Å². The van der Waals surface area contributed by atoms with Gasteiger partial charge in [0, 0.05) is 22.6 Å². The number of H-pyrrole nitrogens is 1. The van der Waals surface area contributed by atoms with Crippen LogP contribution in [0.4, 0.5) is 0 Å². The second-order valence-electron chi connectivity index (χ2n) is 10.3. The first-order chi connectivity index (χ1) is 19.2. The summed E-state index contributed by atoms with van der Waals surface area (Å²) in [4.78, 5) is 30.0. The molecule has 4 aromatic carbocycles. The summed E-state index contributed by atoms with van der Waals surface area (Å²) in [5.74, 6) is -0.0141. The molecule has 0 saturated heterocycles. The third-order valence-corrected chi connectivity index (χ3v) is 7.51. The van der Waals surface area contributed by atoms with Gasteiger partial charge >= 0.3 is 5.97 Å². The van der Waals surface area contributed by atoms with Crippen LogP contribution < -0.4 is 14.9 Å². The van der Waals surface area contributed by atoms with Crippen LogP contribution in [-0.4, -0.2) is 34.9 Å². The van der Waals surface area contributed by atoms with Crippen LogP contribution in [0, 0.1) is 0 Å². The van der Waals surface area contributed by atoms with Crippen molar-refractivity contribution in [2.75, 3.05) is 7.11 Å². The van der Waals surface area contributed by atoms with E-state index in [2.05, 4.69) is 4.98 Å². The number of carbonyl (C=O) groups is 1. The quantitative estimate of drug-likeness (QED) is 0.153. The van der Waals surface area contributed by atoms with E-state index in [1.54, 1.807) is 50.3 Å². The zero-order chi connectivity index (χ0) is 28.2. The summed E-state index contributed by atoms with van der Waals surface area (Å²) >= 11 is 6.03. The van der Waals surface area contributed by atoms with Gasteiger partial charge in [-0.2, -0.15) is 0 Å². The summed E-state index contributed by atoms with van der Waals surface area (Å²) < 4.78 is 17.6. The lowest BCUT2D eigenvalue weighted by molar-refractivity contribution is -0.171. The molecule has 0 bridgehead atoms. The second-order valence-corrected chi connectivity index (χ2v) is 10.8. The van der Waals surface area contributed by atoms with Crippen molar-refractivity contribution in [2.45, 2.75) is 31.7 Å². The predicted octanol–water partition coefficient (Wildman–Crippen LogP) is 6.33. The number of aromatic nitrogens is 1. The van der Waals surface area contributed by atoms with E-state index in [0.717, 1.165) is 16.3 Å². The average Bonchev–Trinajstić information content (AvgIpc) is 2.92. The number of benzene rings is 4. The fourth-order valence-corrected chi connectivity index (χ4v) is 5.56. The highest BCUT2D eigenvalue weighted by Gasteiger charge is 2.47. The van der Waals surface area contributed by atoms with Crippen molar-refractivity contribution in [3.05, 3.63) is 99.2 Å². The molecule has 1 aromatic heterocycles. The third kappa shape index (κ3) is 4.37. The van der Waals surface area contributed by atoms with Gasteiger partial charge in [0.05, 0.1) is 29.1 Å². The Kier molecular flexibility index (Phi) is 6.28. The van der Waals surface area contributed by atoms with E-state index in [1.165, 1.54) is 13.2 Å². The van der Waals surface area contributed by atoms with Crippen LogP contribution in [0.1, 0.15) is 31.1 Å². The van der Waals surface area contributed by atoms with Crippen LogP contribution in [0.5, 0.6) is 11.5 Å². The van der Waals surface area contributed by atoms with Gasteiger partial charge in [-0.3, -0.25) is 4.79 Å². The molecule has 8 heteroatoms. The van der Waals surface area contributed by atoms with Gasteiger partial charge in [-0.1, -0.05) is 48.0 Å². The van der Waals surface area contributed by atoms with Gasteiger partial charge in [0.2, 0.25) is 5.43 Å². The Bertz CT molecular complexity index is 1910. The monoisotopic (exact) mass is 555 g/mol. The summed E-state index contributed by atoms with van der Waals surface area (Å²) in [6.07, 6.45) is 0.476. The molecule has 1 aliphatic heterocycles. The van der Waals surface area contributed by atoms with Gasteiger partial charge in [-0.05, 0) is 60.5 Å². The maximum absolute atomic E-state index is 13.8. The zero-order valence-electron chi connectivity index (χ0n) is 22.0. The number of rotatable bonds is 4. The number of esters is 1. The second kappa shape index (κ2) is 9.70. The van der Waals surface area contributed by atoms with Crippen LogP contribution in [0.3, 0.4) is 0 Å². The fourth-order valence-electron chi connectivity index (χ4n) is 5.36. The van der Waals surface area contributed by atoms with Crippen molar-refractivity contribution >= 4 is 56.2 Å². The number of aliphatic hydroxyl groups excluding tert-OH is 1. The van der Waals surface area contributed by atoms with Gasteiger partial charge in [-0.15, -0.1) is 0 Å². The lowest BCUT2D eigenvalue weighted by Crippen LogP contribution is -2.51. The summed E-state index contributed by atoms with van der Waals surface area (Å²) in [6, 6.07) is 20.1. The Morgan fingerprint density at radius 3 is 2.55 bits per heavy atom.